The van der Waals surface area contributed by atoms with Crippen molar-refractivity contribution < 1.29 is 25.8 Å². The first kappa shape index (κ1) is 10.3. The summed E-state index contributed by atoms with van der Waals surface area (Å²) in [6.07, 6.45) is -0.594. The van der Waals surface area contributed by atoms with Crippen LogP contribution in [0.1, 0.15) is 12.8 Å². The summed E-state index contributed by atoms with van der Waals surface area (Å²) in [4.78, 5) is 10.1. The van der Waals surface area contributed by atoms with E-state index in [1.165, 1.54) is 0 Å². The van der Waals surface area contributed by atoms with Gasteiger partial charge in [-0.1, -0.05) is 0 Å². The maximum absolute atomic E-state index is 12.5. The van der Waals surface area contributed by atoms with Crippen molar-refractivity contribution in [2.45, 2.75) is 25.1 Å². The van der Waals surface area contributed by atoms with Crippen LogP contribution in [0.15, 0.2) is 0 Å². The molecule has 0 saturated heterocycles. The number of carbonyl (C=O) groups excluding carboxylic acids is 1. The topological polar surface area (TPSA) is 95.4 Å². The molecule has 0 aliphatic carbocycles. The van der Waals surface area contributed by atoms with E-state index in [-0.39, 0.29) is 19.4 Å². The Morgan fingerprint density at radius 1 is 1.55 bits per heavy atom. The van der Waals surface area contributed by atoms with Gasteiger partial charge < -0.3 is 21.4 Å². The molecule has 0 heterocycles. The lowest BCUT2D eigenvalue weighted by Gasteiger charge is -2.09. The van der Waals surface area contributed by atoms with E-state index in [1.807, 2.05) is 0 Å². The third-order valence-corrected chi connectivity index (χ3v) is 1.47. The van der Waals surface area contributed by atoms with Crippen LogP contribution >= 0.6 is 0 Å². The maximum atomic E-state index is 12.5. The number of hydrogen-bond acceptors (Lipinski definition) is 2. The van der Waals surface area contributed by atoms with E-state index in [1.54, 1.807) is 0 Å². The lowest BCUT2D eigenvalue weighted by molar-refractivity contribution is -0.439. The van der Waals surface area contributed by atoms with Crippen molar-refractivity contribution in [3.05, 3.63) is 0 Å². The zero-order valence-electron chi connectivity index (χ0n) is 6.38. The molecule has 0 aliphatic rings. The van der Waals surface area contributed by atoms with Crippen LogP contribution in [0.3, 0.4) is 0 Å². The van der Waals surface area contributed by atoms with Crippen molar-refractivity contribution >= 4 is 5.97 Å². The molecule has 0 fully saturated rings. The van der Waals surface area contributed by atoms with E-state index in [0.29, 0.717) is 0 Å². The van der Waals surface area contributed by atoms with Gasteiger partial charge in [0.1, 0.15) is 18.8 Å². The fourth-order valence-corrected chi connectivity index (χ4v) is 0.644. The fraction of sp³-hybridized carbons (Fsp3) is 0.833. The highest BCUT2D eigenvalue weighted by Crippen LogP contribution is 2.00. The molecule has 0 spiro atoms. The molecule has 0 amide bonds. The van der Waals surface area contributed by atoms with Crippen LogP contribution in [0.2, 0.25) is 0 Å². The van der Waals surface area contributed by atoms with Crippen molar-refractivity contribution in [3.63, 3.8) is 0 Å². The maximum Gasteiger partial charge on any atom is 0.149 e. The average molecular weight is 165 g/mol. The van der Waals surface area contributed by atoms with Crippen molar-refractivity contribution in [1.29, 1.82) is 0 Å². The Morgan fingerprint density at radius 2 is 2.09 bits per heavy atom. The Labute approximate surface area is 64.4 Å². The van der Waals surface area contributed by atoms with Gasteiger partial charge in [0.05, 0.1) is 5.97 Å². The zero-order chi connectivity index (χ0) is 8.85. The van der Waals surface area contributed by atoms with Crippen LogP contribution in [0.25, 0.3) is 0 Å². The van der Waals surface area contributed by atoms with E-state index in [4.69, 9.17) is 0 Å². The summed E-state index contributed by atoms with van der Waals surface area (Å²) in [5.41, 5.74) is 6.64. The summed E-state index contributed by atoms with van der Waals surface area (Å²) in [6, 6.07) is -0.806. The van der Waals surface area contributed by atoms with Gasteiger partial charge in [-0.25, -0.2) is 4.39 Å². The normalized spacial score (nSPS) is 15.9. The molecule has 6 N–H and O–H groups in total. The van der Waals surface area contributed by atoms with Crippen molar-refractivity contribution in [2.24, 2.45) is 0 Å². The average Bonchev–Trinajstić information content (AvgIpc) is 1.99. The highest BCUT2D eigenvalue weighted by Gasteiger charge is 2.12. The van der Waals surface area contributed by atoms with Crippen LogP contribution in [0.5, 0.6) is 0 Å². The van der Waals surface area contributed by atoms with Crippen molar-refractivity contribution in [1.82, 2.24) is 0 Å². The first-order valence-corrected chi connectivity index (χ1v) is 3.55. The smallest absolute Gasteiger partial charge is 0.149 e. The Balaban J connectivity index is 3.45. The number of carboxylic acid groups (broad SMARTS) is 1. The van der Waals surface area contributed by atoms with Crippen LogP contribution in [0, 0.1) is 0 Å². The van der Waals surface area contributed by atoms with E-state index in [0.717, 1.165) is 0 Å². The second kappa shape index (κ2) is 5.03. The van der Waals surface area contributed by atoms with Crippen LogP contribution in [-0.2, 0) is 4.79 Å². The minimum atomic E-state index is -1.22. The van der Waals surface area contributed by atoms with Crippen LogP contribution in [0.4, 0.5) is 4.39 Å². The Hall–Kier alpha value is -0.680. The number of carboxylic acids is 1. The predicted molar refractivity (Wildman–Crippen MR) is 33.6 cm³/mol. The molecule has 0 bridgehead atoms. The quantitative estimate of drug-likeness (QED) is 0.446. The molecule has 66 valence electrons. The summed E-state index contributed by atoms with van der Waals surface area (Å²) in [7, 11) is 0. The number of rotatable bonds is 5. The number of halogens is 1. The Bertz CT molecular complexity index is 132. The molecule has 0 aromatic heterocycles. The number of alkyl halides is 1. The molecular formula is C6H14FN2O2+. The third-order valence-electron chi connectivity index (χ3n) is 1.47. The SMILES string of the molecule is [NH3+]C[C@@H](F)CC[C@@H]([NH3+])C(=O)[O-]. The Morgan fingerprint density at radius 3 is 2.45 bits per heavy atom. The molecule has 5 heteroatoms. The van der Waals surface area contributed by atoms with Crippen LogP contribution in [-0.4, -0.2) is 24.7 Å². The summed E-state index contributed by atoms with van der Waals surface area (Å²) in [5, 5.41) is 10.1. The molecule has 0 aliphatic heterocycles. The summed E-state index contributed by atoms with van der Waals surface area (Å²) in [6.45, 7) is 0.180. The molecule has 0 aromatic rings. The van der Waals surface area contributed by atoms with Gasteiger partial charge in [0.2, 0.25) is 0 Å². The monoisotopic (exact) mass is 165 g/mol. The number of quaternary nitrogens is 2. The van der Waals surface area contributed by atoms with Gasteiger partial charge >= 0.3 is 0 Å². The first-order chi connectivity index (χ1) is 5.07. The van der Waals surface area contributed by atoms with Crippen molar-refractivity contribution in [2.75, 3.05) is 6.54 Å². The first-order valence-electron chi connectivity index (χ1n) is 3.55. The molecule has 2 atom stereocenters. The van der Waals surface area contributed by atoms with E-state index >= 15 is 0 Å². The van der Waals surface area contributed by atoms with Gasteiger partial charge in [-0.3, -0.25) is 0 Å². The molecular weight excluding hydrogens is 151 g/mol. The van der Waals surface area contributed by atoms with Gasteiger partial charge in [0, 0.05) is 6.42 Å². The van der Waals surface area contributed by atoms with Crippen LogP contribution < -0.4 is 16.6 Å². The van der Waals surface area contributed by atoms with Gasteiger partial charge in [0.15, 0.2) is 0 Å². The number of hydrogen-bond donors (Lipinski definition) is 2. The summed E-state index contributed by atoms with van der Waals surface area (Å²) >= 11 is 0. The fourth-order valence-electron chi connectivity index (χ4n) is 0.644. The molecule has 0 unspecified atom stereocenters. The van der Waals surface area contributed by atoms with Gasteiger partial charge in [-0.05, 0) is 6.42 Å². The minimum Gasteiger partial charge on any atom is -0.544 e. The van der Waals surface area contributed by atoms with Gasteiger partial charge in [-0.15, -0.1) is 0 Å². The van der Waals surface area contributed by atoms with Crippen molar-refractivity contribution in [3.8, 4) is 0 Å². The highest BCUT2D eigenvalue weighted by atomic mass is 19.1. The second-order valence-electron chi connectivity index (χ2n) is 2.48. The summed E-state index contributed by atoms with van der Waals surface area (Å²) < 4.78 is 12.5. The Kier molecular flexibility index (Phi) is 4.72. The lowest BCUT2D eigenvalue weighted by Crippen LogP contribution is -2.68. The van der Waals surface area contributed by atoms with Gasteiger partial charge in [-0.2, -0.15) is 0 Å². The number of carbonyl (C=O) groups is 1. The highest BCUT2D eigenvalue weighted by molar-refractivity contribution is 5.68. The minimum absolute atomic E-state index is 0.180. The molecule has 0 radical (unpaired) electrons. The molecule has 4 nitrogen and oxygen atoms in total. The standard InChI is InChI=1S/C6H13FN2O2/c7-4(3-8)1-2-5(9)6(10)11/h4-5H,1-3,8-9H2,(H,10,11)/p+1/t4-,5+/m0/s1. The predicted octanol–water partition coefficient (Wildman–Crippen LogP) is -3.29. The van der Waals surface area contributed by atoms with E-state index in [9.17, 15) is 14.3 Å². The molecule has 0 rings (SSSR count). The molecule has 0 saturated carbocycles. The van der Waals surface area contributed by atoms with E-state index in [2.05, 4.69) is 11.5 Å². The largest absolute Gasteiger partial charge is 0.544 e. The second-order valence-corrected chi connectivity index (χ2v) is 2.48. The third kappa shape index (κ3) is 4.69. The molecule has 11 heavy (non-hydrogen) atoms. The van der Waals surface area contributed by atoms with E-state index < -0.39 is 18.2 Å². The number of aliphatic carboxylic acids is 1. The van der Waals surface area contributed by atoms with Gasteiger partial charge in [0.25, 0.3) is 0 Å². The zero-order valence-corrected chi connectivity index (χ0v) is 6.38. The lowest BCUT2D eigenvalue weighted by atomic mass is 10.1. The summed E-state index contributed by atoms with van der Waals surface area (Å²) in [5.74, 6) is -1.22. The molecule has 0 aromatic carbocycles.